The molecule has 2 fully saturated rings. The second kappa shape index (κ2) is 11.5. The molecule has 43 heavy (non-hydrogen) atoms. The maximum Gasteiger partial charge on any atom is 0.416 e. The fourth-order valence-corrected chi connectivity index (χ4v) is 6.08. The normalized spacial score (nSPS) is 20.9. The predicted octanol–water partition coefficient (Wildman–Crippen LogP) is 7.14. The van der Waals surface area contributed by atoms with Gasteiger partial charge < -0.3 is 9.64 Å². The molecule has 5 rings (SSSR count). The number of thioether (sulfide) groups is 1. The van der Waals surface area contributed by atoms with Crippen molar-refractivity contribution in [1.82, 2.24) is 19.6 Å². The standard InChI is InChI=1S/C29H27ClF4N4O4S/c1-28(2,3)42-26(40)36-9-8-23(21(31)15-36)38-25(39)24(43-27(38)41)11-16-4-7-22-18(10-16)13-35-37(22)14-17-5-6-19(30)12-20(17)29(32,33)34/h4-7,10-13,21,23H,8-9,14-15H2,1-3H3/b24-11-/t21-,23+/m1/s1. The Morgan fingerprint density at radius 3 is 2.58 bits per heavy atom. The number of alkyl halides is 4. The van der Waals surface area contributed by atoms with E-state index < -0.39 is 46.8 Å². The summed E-state index contributed by atoms with van der Waals surface area (Å²) >= 11 is 6.48. The Bertz CT molecular complexity index is 1630. The van der Waals surface area contributed by atoms with E-state index in [1.165, 1.54) is 34.0 Å². The predicted molar refractivity (Wildman–Crippen MR) is 154 cm³/mol. The van der Waals surface area contributed by atoms with Crippen LogP contribution in [0.3, 0.4) is 0 Å². The van der Waals surface area contributed by atoms with Crippen molar-refractivity contribution in [2.45, 2.75) is 57.7 Å². The molecular weight excluding hydrogens is 612 g/mol. The van der Waals surface area contributed by atoms with Gasteiger partial charge in [0.1, 0.15) is 11.8 Å². The minimum Gasteiger partial charge on any atom is -0.444 e. The van der Waals surface area contributed by atoms with Crippen LogP contribution in [0.15, 0.2) is 47.5 Å². The lowest BCUT2D eigenvalue weighted by molar-refractivity contribution is -0.138. The molecule has 2 aliphatic heterocycles. The number of ether oxygens (including phenoxy) is 1. The molecule has 3 heterocycles. The Hall–Kier alpha value is -3.58. The number of likely N-dealkylation sites (tertiary alicyclic amines) is 1. The van der Waals surface area contributed by atoms with Crippen molar-refractivity contribution in [1.29, 1.82) is 0 Å². The zero-order chi connectivity index (χ0) is 31.3. The van der Waals surface area contributed by atoms with E-state index in [1.54, 1.807) is 39.0 Å². The maximum atomic E-state index is 15.2. The van der Waals surface area contributed by atoms with Gasteiger partial charge in [-0.05, 0) is 80.4 Å². The third-order valence-electron chi connectivity index (χ3n) is 6.98. The second-order valence-corrected chi connectivity index (χ2v) is 12.7. The van der Waals surface area contributed by atoms with Crippen molar-refractivity contribution in [2.75, 3.05) is 13.1 Å². The van der Waals surface area contributed by atoms with E-state index >= 15 is 4.39 Å². The van der Waals surface area contributed by atoms with Crippen LogP contribution in [-0.4, -0.2) is 67.7 Å². The number of carbonyl (C=O) groups is 3. The van der Waals surface area contributed by atoms with Crippen LogP contribution >= 0.6 is 23.4 Å². The molecule has 228 valence electrons. The minimum atomic E-state index is -4.59. The zero-order valence-electron chi connectivity index (χ0n) is 23.3. The number of rotatable bonds is 4. The average molecular weight is 639 g/mol. The van der Waals surface area contributed by atoms with E-state index in [1.807, 2.05) is 0 Å². The molecule has 14 heteroatoms. The molecule has 3 amide bonds. The monoisotopic (exact) mass is 638 g/mol. The largest absolute Gasteiger partial charge is 0.444 e. The molecule has 1 aromatic heterocycles. The molecule has 2 atom stereocenters. The molecule has 8 nitrogen and oxygen atoms in total. The number of piperidine rings is 1. The zero-order valence-corrected chi connectivity index (χ0v) is 24.9. The lowest BCUT2D eigenvalue weighted by atomic mass is 10.0. The van der Waals surface area contributed by atoms with Crippen molar-refractivity contribution in [3.05, 3.63) is 69.2 Å². The van der Waals surface area contributed by atoms with Crippen LogP contribution in [0, 0.1) is 0 Å². The molecule has 0 N–H and O–H groups in total. The Morgan fingerprint density at radius 2 is 1.91 bits per heavy atom. The van der Waals surface area contributed by atoms with E-state index in [9.17, 15) is 27.6 Å². The Morgan fingerprint density at radius 1 is 1.16 bits per heavy atom. The molecule has 2 aliphatic rings. The number of imide groups is 1. The van der Waals surface area contributed by atoms with Crippen LogP contribution in [0.4, 0.5) is 27.2 Å². The first-order valence-corrected chi connectivity index (χ1v) is 14.5. The van der Waals surface area contributed by atoms with Crippen molar-refractivity contribution >= 4 is 57.6 Å². The number of aromatic nitrogens is 2. The van der Waals surface area contributed by atoms with E-state index in [0.717, 1.165) is 11.0 Å². The number of halogens is 5. The quantitative estimate of drug-likeness (QED) is 0.223. The molecule has 2 aromatic carbocycles. The number of hydrogen-bond donors (Lipinski definition) is 0. The average Bonchev–Trinajstić information content (AvgIpc) is 3.42. The van der Waals surface area contributed by atoms with Gasteiger partial charge in [-0.3, -0.25) is 19.2 Å². The number of benzene rings is 2. The van der Waals surface area contributed by atoms with Crippen LogP contribution in [-0.2, 0) is 22.3 Å². The highest BCUT2D eigenvalue weighted by atomic mass is 35.5. The van der Waals surface area contributed by atoms with Gasteiger partial charge in [0.05, 0.1) is 41.3 Å². The smallest absolute Gasteiger partial charge is 0.416 e. The van der Waals surface area contributed by atoms with Gasteiger partial charge in [-0.15, -0.1) is 0 Å². The molecule has 3 aromatic rings. The van der Waals surface area contributed by atoms with Crippen LogP contribution in [0.1, 0.15) is 43.9 Å². The summed E-state index contributed by atoms with van der Waals surface area (Å²) < 4.78 is 62.6. The van der Waals surface area contributed by atoms with Crippen LogP contribution in [0.25, 0.3) is 17.0 Å². The summed E-state index contributed by atoms with van der Waals surface area (Å²) in [4.78, 5) is 40.6. The van der Waals surface area contributed by atoms with Crippen molar-refractivity contribution in [3.63, 3.8) is 0 Å². The Balaban J connectivity index is 1.31. The second-order valence-electron chi connectivity index (χ2n) is 11.3. The summed E-state index contributed by atoms with van der Waals surface area (Å²) in [6.07, 6.45) is -3.82. The Kier molecular flexibility index (Phi) is 8.25. The SMILES string of the molecule is CC(C)(C)OC(=O)N1CC[C@H](N2C(=O)S/C(=C\c3ccc4c(cnn4Cc4ccc(Cl)cc4C(F)(F)F)c3)C2=O)[C@H](F)C1. The maximum absolute atomic E-state index is 15.2. The Labute approximate surface area is 253 Å². The number of nitrogens with zero attached hydrogens (tertiary/aromatic N) is 4. The summed E-state index contributed by atoms with van der Waals surface area (Å²) in [5.41, 5.74) is -0.474. The summed E-state index contributed by atoms with van der Waals surface area (Å²) in [6.45, 7) is 4.79. The summed E-state index contributed by atoms with van der Waals surface area (Å²) in [6, 6.07) is 7.56. The molecule has 0 aliphatic carbocycles. The van der Waals surface area contributed by atoms with Gasteiger partial charge in [-0.1, -0.05) is 23.7 Å². The molecule has 0 saturated carbocycles. The third-order valence-corrected chi connectivity index (χ3v) is 8.09. The molecular formula is C29H27ClF4N4O4S. The van der Waals surface area contributed by atoms with Crippen LogP contribution in [0.5, 0.6) is 0 Å². The van der Waals surface area contributed by atoms with E-state index in [0.29, 0.717) is 28.2 Å². The summed E-state index contributed by atoms with van der Waals surface area (Å²) in [7, 11) is 0. The van der Waals surface area contributed by atoms with Gasteiger partial charge in [0.2, 0.25) is 0 Å². The fourth-order valence-electron chi connectivity index (χ4n) is 5.03. The van der Waals surface area contributed by atoms with E-state index in [4.69, 9.17) is 16.3 Å². The van der Waals surface area contributed by atoms with Crippen LogP contribution < -0.4 is 0 Å². The van der Waals surface area contributed by atoms with Crippen molar-refractivity contribution in [3.8, 4) is 0 Å². The van der Waals surface area contributed by atoms with Crippen molar-refractivity contribution < 1.29 is 36.7 Å². The number of hydrogen-bond acceptors (Lipinski definition) is 6. The van der Waals surface area contributed by atoms with Gasteiger partial charge >= 0.3 is 12.3 Å². The molecule has 2 saturated heterocycles. The lowest BCUT2D eigenvalue weighted by Crippen LogP contribution is -2.55. The molecule has 0 spiro atoms. The highest BCUT2D eigenvalue weighted by Crippen LogP contribution is 2.37. The van der Waals surface area contributed by atoms with Gasteiger partial charge in [0.15, 0.2) is 0 Å². The number of carbonyl (C=O) groups excluding carboxylic acids is 3. The van der Waals surface area contributed by atoms with E-state index in [-0.39, 0.29) is 41.5 Å². The highest BCUT2D eigenvalue weighted by molar-refractivity contribution is 8.18. The molecule has 0 bridgehead atoms. The topological polar surface area (TPSA) is 84.7 Å². The van der Waals surface area contributed by atoms with Crippen molar-refractivity contribution in [2.24, 2.45) is 0 Å². The van der Waals surface area contributed by atoms with Gasteiger partial charge in [-0.2, -0.15) is 18.3 Å². The molecule has 0 unspecified atom stereocenters. The fraction of sp³-hybridized carbons (Fsp3) is 0.379. The van der Waals surface area contributed by atoms with Gasteiger partial charge in [-0.25, -0.2) is 9.18 Å². The molecule has 0 radical (unpaired) electrons. The first-order chi connectivity index (χ1) is 20.1. The first kappa shape index (κ1) is 30.9. The van der Waals surface area contributed by atoms with Gasteiger partial charge in [0, 0.05) is 17.0 Å². The lowest BCUT2D eigenvalue weighted by Gasteiger charge is -2.38. The third kappa shape index (κ3) is 6.67. The highest BCUT2D eigenvalue weighted by Gasteiger charge is 2.46. The minimum absolute atomic E-state index is 0.00254. The summed E-state index contributed by atoms with van der Waals surface area (Å²) in [5, 5.41) is 4.21. The van der Waals surface area contributed by atoms with Gasteiger partial charge in [0.25, 0.3) is 11.1 Å². The summed E-state index contributed by atoms with van der Waals surface area (Å²) in [5.74, 6) is -0.633. The van der Waals surface area contributed by atoms with Crippen LogP contribution in [0.2, 0.25) is 5.02 Å². The van der Waals surface area contributed by atoms with E-state index in [2.05, 4.69) is 5.10 Å². The number of amides is 3. The number of fused-ring (bicyclic) bond motifs is 1. The first-order valence-electron chi connectivity index (χ1n) is 13.3.